The Morgan fingerprint density at radius 2 is 1.93 bits per heavy atom. The molecule has 4 rings (SSSR count). The van der Waals surface area contributed by atoms with Crippen LogP contribution in [0.25, 0.3) is 11.4 Å². The lowest BCUT2D eigenvalue weighted by Gasteiger charge is -2.33. The van der Waals surface area contributed by atoms with E-state index in [0.29, 0.717) is 36.0 Å². The highest BCUT2D eigenvalue weighted by Crippen LogP contribution is 2.25. The standard InChI is InChI=1S/C21H22FN3O3/c22-16-10-8-15(9-11-16)20-23-19(28-24-20)12-13-25(17-5-2-1-3-6-17)21(26)18-7-4-14-27-18/h4,7-11,14,17H,1-3,5-6,12-13H2. The van der Waals surface area contributed by atoms with Crippen LogP contribution in [0.1, 0.15) is 48.5 Å². The SMILES string of the molecule is O=C(c1ccco1)N(CCc1nc(-c2ccc(F)cc2)no1)C1CCCCC1. The molecule has 2 heterocycles. The summed E-state index contributed by atoms with van der Waals surface area (Å²) in [6, 6.07) is 9.55. The van der Waals surface area contributed by atoms with Crippen LogP contribution in [-0.2, 0) is 6.42 Å². The van der Waals surface area contributed by atoms with E-state index >= 15 is 0 Å². The molecule has 6 nitrogen and oxygen atoms in total. The Bertz CT molecular complexity index is 899. The zero-order valence-corrected chi connectivity index (χ0v) is 15.5. The van der Waals surface area contributed by atoms with Gasteiger partial charge in [-0.25, -0.2) is 4.39 Å². The fraction of sp³-hybridized carbons (Fsp3) is 0.381. The maximum atomic E-state index is 13.1. The minimum absolute atomic E-state index is 0.102. The molecule has 146 valence electrons. The van der Waals surface area contributed by atoms with Crippen molar-refractivity contribution in [2.75, 3.05) is 6.54 Å². The monoisotopic (exact) mass is 383 g/mol. The lowest BCUT2D eigenvalue weighted by Crippen LogP contribution is -2.42. The summed E-state index contributed by atoms with van der Waals surface area (Å²) in [5.74, 6) is 0.800. The van der Waals surface area contributed by atoms with Crippen molar-refractivity contribution in [1.29, 1.82) is 0 Å². The first-order valence-electron chi connectivity index (χ1n) is 9.64. The maximum absolute atomic E-state index is 13.1. The number of rotatable bonds is 6. The Hall–Kier alpha value is -2.96. The molecular formula is C21H22FN3O3. The first-order valence-corrected chi connectivity index (χ1v) is 9.64. The quantitative estimate of drug-likeness (QED) is 0.627. The third-order valence-corrected chi connectivity index (χ3v) is 5.15. The van der Waals surface area contributed by atoms with Crippen LogP contribution >= 0.6 is 0 Å². The van der Waals surface area contributed by atoms with Crippen molar-refractivity contribution in [3.05, 3.63) is 60.1 Å². The number of amides is 1. The molecule has 0 atom stereocenters. The van der Waals surface area contributed by atoms with E-state index in [1.165, 1.54) is 24.8 Å². The van der Waals surface area contributed by atoms with Gasteiger partial charge in [-0.3, -0.25) is 4.79 Å². The Morgan fingerprint density at radius 1 is 1.14 bits per heavy atom. The van der Waals surface area contributed by atoms with Gasteiger partial charge in [0.05, 0.1) is 6.26 Å². The molecule has 3 aromatic rings. The highest BCUT2D eigenvalue weighted by molar-refractivity contribution is 5.91. The average Bonchev–Trinajstić information content (AvgIpc) is 3.42. The van der Waals surface area contributed by atoms with Gasteiger partial charge in [0.1, 0.15) is 5.82 Å². The van der Waals surface area contributed by atoms with E-state index in [1.54, 1.807) is 24.3 Å². The van der Waals surface area contributed by atoms with E-state index in [1.807, 2.05) is 4.90 Å². The Morgan fingerprint density at radius 3 is 2.64 bits per heavy atom. The van der Waals surface area contributed by atoms with Crippen molar-refractivity contribution in [2.24, 2.45) is 0 Å². The number of carbonyl (C=O) groups is 1. The first kappa shape index (κ1) is 18.4. The van der Waals surface area contributed by atoms with Crippen LogP contribution in [-0.4, -0.2) is 33.5 Å². The van der Waals surface area contributed by atoms with E-state index in [-0.39, 0.29) is 17.8 Å². The van der Waals surface area contributed by atoms with Gasteiger partial charge in [0.2, 0.25) is 11.7 Å². The second-order valence-corrected chi connectivity index (χ2v) is 7.04. The van der Waals surface area contributed by atoms with Gasteiger partial charge in [0, 0.05) is 24.6 Å². The Kier molecular flexibility index (Phi) is 5.50. The molecule has 28 heavy (non-hydrogen) atoms. The molecule has 0 bridgehead atoms. The van der Waals surface area contributed by atoms with Gasteiger partial charge in [0.15, 0.2) is 5.76 Å². The summed E-state index contributed by atoms with van der Waals surface area (Å²) >= 11 is 0. The van der Waals surface area contributed by atoms with Gasteiger partial charge in [-0.05, 0) is 49.2 Å². The topological polar surface area (TPSA) is 72.4 Å². The summed E-state index contributed by atoms with van der Waals surface area (Å²) in [5, 5.41) is 3.97. The number of hydrogen-bond acceptors (Lipinski definition) is 5. The summed E-state index contributed by atoms with van der Waals surface area (Å²) in [7, 11) is 0. The largest absolute Gasteiger partial charge is 0.459 e. The molecule has 0 unspecified atom stereocenters. The molecule has 1 fully saturated rings. The van der Waals surface area contributed by atoms with Crippen LogP contribution in [0, 0.1) is 5.82 Å². The smallest absolute Gasteiger partial charge is 0.289 e. The molecule has 0 N–H and O–H groups in total. The molecule has 1 aliphatic rings. The van der Waals surface area contributed by atoms with Crippen molar-refractivity contribution in [1.82, 2.24) is 15.0 Å². The Balaban J connectivity index is 1.46. The van der Waals surface area contributed by atoms with E-state index in [2.05, 4.69) is 10.1 Å². The van der Waals surface area contributed by atoms with Crippen molar-refractivity contribution in [2.45, 2.75) is 44.6 Å². The second-order valence-electron chi connectivity index (χ2n) is 7.04. The van der Waals surface area contributed by atoms with Gasteiger partial charge in [-0.1, -0.05) is 24.4 Å². The van der Waals surface area contributed by atoms with Crippen LogP contribution in [0.2, 0.25) is 0 Å². The maximum Gasteiger partial charge on any atom is 0.289 e. The molecule has 7 heteroatoms. The Labute approximate surface area is 162 Å². The zero-order chi connectivity index (χ0) is 19.3. The number of aromatic nitrogens is 2. The van der Waals surface area contributed by atoms with Crippen LogP contribution in [0.15, 0.2) is 51.6 Å². The van der Waals surface area contributed by atoms with Crippen molar-refractivity contribution in [3.8, 4) is 11.4 Å². The predicted octanol–water partition coefficient (Wildman–Crippen LogP) is 4.49. The van der Waals surface area contributed by atoms with Crippen LogP contribution in [0.5, 0.6) is 0 Å². The molecule has 0 saturated heterocycles. The molecule has 0 radical (unpaired) electrons. The van der Waals surface area contributed by atoms with E-state index < -0.39 is 0 Å². The van der Waals surface area contributed by atoms with E-state index in [0.717, 1.165) is 25.7 Å². The number of benzene rings is 1. The summed E-state index contributed by atoms with van der Waals surface area (Å²) < 4.78 is 23.7. The van der Waals surface area contributed by atoms with Crippen molar-refractivity contribution in [3.63, 3.8) is 0 Å². The molecule has 1 saturated carbocycles. The normalized spacial score (nSPS) is 14.9. The third kappa shape index (κ3) is 4.13. The van der Waals surface area contributed by atoms with Gasteiger partial charge < -0.3 is 13.8 Å². The van der Waals surface area contributed by atoms with Crippen LogP contribution < -0.4 is 0 Å². The number of carbonyl (C=O) groups excluding carboxylic acids is 1. The van der Waals surface area contributed by atoms with Gasteiger partial charge in [-0.15, -0.1) is 0 Å². The molecule has 1 aliphatic carbocycles. The van der Waals surface area contributed by atoms with Gasteiger partial charge >= 0.3 is 0 Å². The predicted molar refractivity (Wildman–Crippen MR) is 100 cm³/mol. The molecule has 1 aromatic carbocycles. The minimum atomic E-state index is -0.313. The van der Waals surface area contributed by atoms with Crippen LogP contribution in [0.4, 0.5) is 4.39 Å². The summed E-state index contributed by atoms with van der Waals surface area (Å²) in [6.45, 7) is 0.481. The van der Waals surface area contributed by atoms with Crippen LogP contribution in [0.3, 0.4) is 0 Å². The second kappa shape index (κ2) is 8.37. The van der Waals surface area contributed by atoms with Gasteiger partial charge in [-0.2, -0.15) is 4.98 Å². The number of nitrogens with zero attached hydrogens (tertiary/aromatic N) is 3. The van der Waals surface area contributed by atoms with Crippen molar-refractivity contribution >= 4 is 5.91 Å². The average molecular weight is 383 g/mol. The van der Waals surface area contributed by atoms with E-state index in [9.17, 15) is 9.18 Å². The summed E-state index contributed by atoms with van der Waals surface area (Å²) in [5.41, 5.74) is 0.687. The number of hydrogen-bond donors (Lipinski definition) is 0. The lowest BCUT2D eigenvalue weighted by molar-refractivity contribution is 0.0599. The van der Waals surface area contributed by atoms with Crippen molar-refractivity contribution < 1.29 is 18.1 Å². The molecular weight excluding hydrogens is 361 g/mol. The fourth-order valence-electron chi connectivity index (χ4n) is 3.67. The first-order chi connectivity index (χ1) is 13.7. The zero-order valence-electron chi connectivity index (χ0n) is 15.5. The third-order valence-electron chi connectivity index (χ3n) is 5.15. The molecule has 1 amide bonds. The summed E-state index contributed by atoms with van der Waals surface area (Å²) in [4.78, 5) is 19.2. The molecule has 0 spiro atoms. The highest BCUT2D eigenvalue weighted by atomic mass is 19.1. The number of halogens is 1. The van der Waals surface area contributed by atoms with E-state index in [4.69, 9.17) is 8.94 Å². The van der Waals surface area contributed by atoms with Gasteiger partial charge in [0.25, 0.3) is 5.91 Å². The highest BCUT2D eigenvalue weighted by Gasteiger charge is 2.28. The fourth-order valence-corrected chi connectivity index (χ4v) is 3.67. The molecule has 2 aromatic heterocycles. The minimum Gasteiger partial charge on any atom is -0.459 e. The summed E-state index contributed by atoms with van der Waals surface area (Å²) in [6.07, 6.45) is 7.43. The lowest BCUT2D eigenvalue weighted by atomic mass is 9.94. The number of furan rings is 1. The molecule has 0 aliphatic heterocycles.